The molecule has 1 atom stereocenters. The SMILES string of the molecule is CCC(N)Cc1cc(Cl)ccc1OCc1cc(Br)cs1. The van der Waals surface area contributed by atoms with Crippen LogP contribution >= 0.6 is 38.9 Å². The molecule has 1 heterocycles. The van der Waals surface area contributed by atoms with E-state index in [1.165, 1.54) is 4.88 Å². The van der Waals surface area contributed by atoms with Crippen molar-refractivity contribution in [1.82, 2.24) is 0 Å². The molecule has 1 aromatic carbocycles. The summed E-state index contributed by atoms with van der Waals surface area (Å²) in [6, 6.07) is 7.91. The van der Waals surface area contributed by atoms with E-state index in [1.807, 2.05) is 18.2 Å². The Morgan fingerprint density at radius 1 is 1.40 bits per heavy atom. The molecule has 20 heavy (non-hydrogen) atoms. The Kier molecular flexibility index (Phi) is 5.90. The molecule has 0 aliphatic carbocycles. The topological polar surface area (TPSA) is 35.2 Å². The fraction of sp³-hybridized carbons (Fsp3) is 0.333. The van der Waals surface area contributed by atoms with E-state index < -0.39 is 0 Å². The van der Waals surface area contributed by atoms with E-state index in [2.05, 4.69) is 34.3 Å². The van der Waals surface area contributed by atoms with E-state index in [0.29, 0.717) is 6.61 Å². The summed E-state index contributed by atoms with van der Waals surface area (Å²) in [6.45, 7) is 2.64. The van der Waals surface area contributed by atoms with E-state index >= 15 is 0 Å². The highest BCUT2D eigenvalue weighted by Gasteiger charge is 2.09. The summed E-state index contributed by atoms with van der Waals surface area (Å²) in [6.07, 6.45) is 1.71. The quantitative estimate of drug-likeness (QED) is 0.770. The maximum atomic E-state index is 6.06. The predicted molar refractivity (Wildman–Crippen MR) is 89.8 cm³/mol. The fourth-order valence-electron chi connectivity index (χ4n) is 1.85. The molecule has 0 radical (unpaired) electrons. The maximum absolute atomic E-state index is 6.06. The Bertz CT molecular complexity index is 573. The minimum absolute atomic E-state index is 0.131. The average Bonchev–Trinajstić information content (AvgIpc) is 2.83. The Hall–Kier alpha value is -0.550. The summed E-state index contributed by atoms with van der Waals surface area (Å²) in [7, 11) is 0. The van der Waals surface area contributed by atoms with Crippen LogP contribution in [-0.4, -0.2) is 6.04 Å². The molecule has 0 spiro atoms. The normalized spacial score (nSPS) is 12.4. The van der Waals surface area contributed by atoms with Crippen molar-refractivity contribution < 1.29 is 4.74 Å². The first-order chi connectivity index (χ1) is 9.58. The largest absolute Gasteiger partial charge is 0.488 e. The first-order valence-corrected chi connectivity index (χ1v) is 8.53. The van der Waals surface area contributed by atoms with Crippen LogP contribution in [0.3, 0.4) is 0 Å². The van der Waals surface area contributed by atoms with Gasteiger partial charge in [-0.15, -0.1) is 11.3 Å². The third kappa shape index (κ3) is 4.48. The molecule has 2 aromatic rings. The second kappa shape index (κ2) is 7.46. The minimum Gasteiger partial charge on any atom is -0.488 e. The molecular formula is C15H17BrClNOS. The van der Waals surface area contributed by atoms with E-state index in [-0.39, 0.29) is 6.04 Å². The number of thiophene rings is 1. The van der Waals surface area contributed by atoms with Crippen molar-refractivity contribution >= 4 is 38.9 Å². The molecule has 2 rings (SSSR count). The van der Waals surface area contributed by atoms with Gasteiger partial charge in [-0.25, -0.2) is 0 Å². The maximum Gasteiger partial charge on any atom is 0.123 e. The van der Waals surface area contributed by atoms with Crippen LogP contribution < -0.4 is 10.5 Å². The molecule has 0 bridgehead atoms. The van der Waals surface area contributed by atoms with Gasteiger partial charge in [-0.2, -0.15) is 0 Å². The van der Waals surface area contributed by atoms with Gasteiger partial charge in [0.25, 0.3) is 0 Å². The summed E-state index contributed by atoms with van der Waals surface area (Å²) < 4.78 is 7.00. The van der Waals surface area contributed by atoms with Crippen LogP contribution in [0.5, 0.6) is 5.75 Å². The minimum atomic E-state index is 0.131. The van der Waals surface area contributed by atoms with E-state index in [0.717, 1.165) is 33.6 Å². The second-order valence-corrected chi connectivity index (χ2v) is 6.99. The van der Waals surface area contributed by atoms with Crippen molar-refractivity contribution in [3.05, 3.63) is 49.6 Å². The number of hydrogen-bond acceptors (Lipinski definition) is 3. The lowest BCUT2D eigenvalue weighted by molar-refractivity contribution is 0.305. The number of rotatable bonds is 6. The van der Waals surface area contributed by atoms with Crippen molar-refractivity contribution in [1.29, 1.82) is 0 Å². The summed E-state index contributed by atoms with van der Waals surface area (Å²) in [5.74, 6) is 0.864. The highest BCUT2D eigenvalue weighted by molar-refractivity contribution is 9.10. The third-order valence-corrected chi connectivity index (χ3v) is 4.93. The Labute approximate surface area is 137 Å². The van der Waals surface area contributed by atoms with Gasteiger partial charge in [0.1, 0.15) is 12.4 Å². The first-order valence-electron chi connectivity index (χ1n) is 6.48. The van der Waals surface area contributed by atoms with Gasteiger partial charge >= 0.3 is 0 Å². The Morgan fingerprint density at radius 3 is 2.85 bits per heavy atom. The van der Waals surface area contributed by atoms with E-state index in [9.17, 15) is 0 Å². The summed E-state index contributed by atoms with van der Waals surface area (Å²) in [5, 5.41) is 2.77. The lowest BCUT2D eigenvalue weighted by atomic mass is 10.0. The van der Waals surface area contributed by atoms with Gasteiger partial charge in [0.15, 0.2) is 0 Å². The van der Waals surface area contributed by atoms with Gasteiger partial charge in [-0.3, -0.25) is 0 Å². The molecule has 0 aliphatic heterocycles. The van der Waals surface area contributed by atoms with Crippen LogP contribution in [-0.2, 0) is 13.0 Å². The molecule has 0 saturated carbocycles. The van der Waals surface area contributed by atoms with Crippen LogP contribution in [0.25, 0.3) is 0 Å². The monoisotopic (exact) mass is 373 g/mol. The zero-order valence-electron chi connectivity index (χ0n) is 11.2. The average molecular weight is 375 g/mol. The third-order valence-electron chi connectivity index (χ3n) is 3.02. The van der Waals surface area contributed by atoms with Crippen molar-refractivity contribution in [2.45, 2.75) is 32.4 Å². The number of nitrogens with two attached hydrogens (primary N) is 1. The van der Waals surface area contributed by atoms with Crippen LogP contribution in [0, 0.1) is 0 Å². The van der Waals surface area contributed by atoms with Crippen molar-refractivity contribution in [3.8, 4) is 5.75 Å². The predicted octanol–water partition coefficient (Wildman–Crippen LogP) is 5.02. The molecule has 0 aliphatic rings. The molecule has 0 amide bonds. The van der Waals surface area contributed by atoms with Gasteiger partial charge < -0.3 is 10.5 Å². The molecule has 2 N–H and O–H groups in total. The van der Waals surface area contributed by atoms with Crippen LogP contribution in [0.4, 0.5) is 0 Å². The molecule has 108 valence electrons. The second-order valence-electron chi connectivity index (χ2n) is 4.64. The molecule has 0 fully saturated rings. The molecule has 5 heteroatoms. The lowest BCUT2D eigenvalue weighted by Gasteiger charge is -2.14. The number of hydrogen-bond donors (Lipinski definition) is 1. The molecule has 1 aromatic heterocycles. The first kappa shape index (κ1) is 15.8. The zero-order chi connectivity index (χ0) is 14.5. The Morgan fingerprint density at radius 2 is 2.20 bits per heavy atom. The number of ether oxygens (including phenoxy) is 1. The van der Waals surface area contributed by atoms with Crippen LogP contribution in [0.2, 0.25) is 5.02 Å². The van der Waals surface area contributed by atoms with Crippen molar-refractivity contribution in [3.63, 3.8) is 0 Å². The number of halogens is 2. The lowest BCUT2D eigenvalue weighted by Crippen LogP contribution is -2.21. The van der Waals surface area contributed by atoms with Crippen molar-refractivity contribution in [2.24, 2.45) is 5.73 Å². The molecule has 2 nitrogen and oxygen atoms in total. The van der Waals surface area contributed by atoms with Gasteiger partial charge in [0, 0.05) is 25.8 Å². The zero-order valence-corrected chi connectivity index (χ0v) is 14.4. The standard InChI is InChI=1S/C15H17BrClNOS/c1-2-13(18)6-10-5-12(17)3-4-15(10)19-8-14-7-11(16)9-20-14/h3-5,7,9,13H,2,6,8,18H2,1H3. The summed E-state index contributed by atoms with van der Waals surface area (Å²) >= 11 is 11.2. The molecular weight excluding hydrogens is 358 g/mol. The van der Waals surface area contributed by atoms with Crippen LogP contribution in [0.15, 0.2) is 34.1 Å². The van der Waals surface area contributed by atoms with E-state index in [4.69, 9.17) is 22.1 Å². The van der Waals surface area contributed by atoms with E-state index in [1.54, 1.807) is 11.3 Å². The number of benzene rings is 1. The van der Waals surface area contributed by atoms with Crippen LogP contribution in [0.1, 0.15) is 23.8 Å². The smallest absolute Gasteiger partial charge is 0.123 e. The van der Waals surface area contributed by atoms with Gasteiger partial charge in [-0.1, -0.05) is 18.5 Å². The van der Waals surface area contributed by atoms with Gasteiger partial charge in [0.2, 0.25) is 0 Å². The molecule has 1 unspecified atom stereocenters. The van der Waals surface area contributed by atoms with Crippen molar-refractivity contribution in [2.75, 3.05) is 0 Å². The van der Waals surface area contributed by atoms with Gasteiger partial charge in [0.05, 0.1) is 0 Å². The highest BCUT2D eigenvalue weighted by Crippen LogP contribution is 2.27. The fourth-order valence-corrected chi connectivity index (χ4v) is 3.41. The highest BCUT2D eigenvalue weighted by atomic mass is 79.9. The summed E-state index contributed by atoms with van der Waals surface area (Å²) in [5.41, 5.74) is 7.10. The summed E-state index contributed by atoms with van der Waals surface area (Å²) in [4.78, 5) is 1.18. The molecule has 0 saturated heterocycles. The Balaban J connectivity index is 2.09. The van der Waals surface area contributed by atoms with Gasteiger partial charge in [-0.05, 0) is 58.6 Å².